The van der Waals surface area contributed by atoms with Crippen molar-refractivity contribution in [2.45, 2.75) is 38.5 Å². The maximum atomic E-state index is 10.4. The van der Waals surface area contributed by atoms with Crippen LogP contribution >= 0.6 is 0 Å². The van der Waals surface area contributed by atoms with E-state index in [-0.39, 0.29) is 0 Å². The van der Waals surface area contributed by atoms with Crippen molar-refractivity contribution in [3.63, 3.8) is 0 Å². The lowest BCUT2D eigenvalue weighted by molar-refractivity contribution is 0.138. The van der Waals surface area contributed by atoms with Gasteiger partial charge in [-0.05, 0) is 37.6 Å². The van der Waals surface area contributed by atoms with Crippen LogP contribution in [0, 0.1) is 11.8 Å². The van der Waals surface area contributed by atoms with Crippen molar-refractivity contribution in [1.29, 1.82) is 0 Å². The Bertz CT molecular complexity index is 195. The lowest BCUT2D eigenvalue weighted by Gasteiger charge is -2.28. The summed E-state index contributed by atoms with van der Waals surface area (Å²) in [7, 11) is 0. The molecule has 0 spiro atoms. The topological polar surface area (TPSA) is 78.3 Å². The second-order valence-corrected chi connectivity index (χ2v) is 4.43. The molecule has 0 aromatic heterocycles. The highest BCUT2D eigenvalue weighted by Crippen LogP contribution is 2.32. The summed E-state index contributed by atoms with van der Waals surface area (Å²) in [6, 6.07) is 0. The normalized spacial score (nSPS) is 26.2. The van der Waals surface area contributed by atoms with Crippen LogP contribution in [0.1, 0.15) is 38.5 Å². The molecular formula is C11H22N2O2. The van der Waals surface area contributed by atoms with Crippen LogP contribution in [0.4, 0.5) is 4.79 Å². The molecule has 4 N–H and O–H groups in total. The number of rotatable bonds is 5. The number of hydrogen-bond donors (Lipinski definition) is 2. The van der Waals surface area contributed by atoms with Gasteiger partial charge in [0.15, 0.2) is 0 Å². The second-order valence-electron chi connectivity index (χ2n) is 4.43. The first kappa shape index (κ1) is 12.3. The van der Waals surface area contributed by atoms with Gasteiger partial charge in [0.2, 0.25) is 0 Å². The molecule has 4 nitrogen and oxygen atoms in total. The Kier molecular flexibility index (Phi) is 5.47. The summed E-state index contributed by atoms with van der Waals surface area (Å²) >= 11 is 0. The standard InChI is InChI=1S/C11H22N2O2/c12-6-4-9-2-1-3-10(8-9)5-7-15-11(13)14/h9-10H,1-8,12H2,(H2,13,14). The van der Waals surface area contributed by atoms with Crippen molar-refractivity contribution in [2.24, 2.45) is 23.3 Å². The quantitative estimate of drug-likeness (QED) is 0.730. The fraction of sp³-hybridized carbons (Fsp3) is 0.909. The van der Waals surface area contributed by atoms with E-state index in [4.69, 9.17) is 16.2 Å². The van der Waals surface area contributed by atoms with Gasteiger partial charge in [-0.3, -0.25) is 0 Å². The Morgan fingerprint density at radius 3 is 2.53 bits per heavy atom. The van der Waals surface area contributed by atoms with Gasteiger partial charge in [-0.25, -0.2) is 4.79 Å². The minimum atomic E-state index is -0.663. The summed E-state index contributed by atoms with van der Waals surface area (Å²) in [5.41, 5.74) is 10.5. The molecule has 1 aliphatic rings. The molecule has 0 aliphatic heterocycles. The molecule has 4 heteroatoms. The van der Waals surface area contributed by atoms with Crippen LogP contribution in [0.3, 0.4) is 0 Å². The monoisotopic (exact) mass is 214 g/mol. The zero-order chi connectivity index (χ0) is 11.1. The summed E-state index contributed by atoms with van der Waals surface area (Å²) in [6.07, 6.45) is 6.50. The number of nitrogens with two attached hydrogens (primary N) is 2. The average Bonchev–Trinajstić information content (AvgIpc) is 2.18. The largest absolute Gasteiger partial charge is 0.450 e. The van der Waals surface area contributed by atoms with Crippen molar-refractivity contribution >= 4 is 6.09 Å². The van der Waals surface area contributed by atoms with E-state index in [9.17, 15) is 4.79 Å². The fourth-order valence-electron chi connectivity index (χ4n) is 2.49. The summed E-state index contributed by atoms with van der Waals surface area (Å²) in [6.45, 7) is 1.25. The Balaban J connectivity index is 2.15. The molecule has 1 amide bonds. The van der Waals surface area contributed by atoms with Crippen molar-refractivity contribution < 1.29 is 9.53 Å². The summed E-state index contributed by atoms with van der Waals surface area (Å²) in [5.74, 6) is 1.47. The van der Waals surface area contributed by atoms with E-state index >= 15 is 0 Å². The molecule has 1 rings (SSSR count). The van der Waals surface area contributed by atoms with Crippen molar-refractivity contribution in [3.05, 3.63) is 0 Å². The SMILES string of the molecule is NCCC1CCCC(CCOC(N)=O)C1. The predicted octanol–water partition coefficient (Wildman–Crippen LogP) is 1.63. The first-order valence-electron chi connectivity index (χ1n) is 5.84. The third-order valence-electron chi connectivity index (χ3n) is 3.24. The summed E-state index contributed by atoms with van der Waals surface area (Å²) < 4.78 is 4.75. The van der Waals surface area contributed by atoms with E-state index in [1.807, 2.05) is 0 Å². The summed E-state index contributed by atoms with van der Waals surface area (Å²) in [4.78, 5) is 10.4. The Morgan fingerprint density at radius 2 is 1.93 bits per heavy atom. The van der Waals surface area contributed by atoms with Gasteiger partial charge in [0.05, 0.1) is 6.61 Å². The van der Waals surface area contributed by atoms with Crippen molar-refractivity contribution in [3.8, 4) is 0 Å². The molecule has 1 fully saturated rings. The molecule has 15 heavy (non-hydrogen) atoms. The number of hydrogen-bond acceptors (Lipinski definition) is 3. The molecule has 0 heterocycles. The van der Waals surface area contributed by atoms with Crippen LogP contribution in [0.5, 0.6) is 0 Å². The minimum Gasteiger partial charge on any atom is -0.450 e. The number of carbonyl (C=O) groups excluding carboxylic acids is 1. The van der Waals surface area contributed by atoms with E-state index < -0.39 is 6.09 Å². The lowest BCUT2D eigenvalue weighted by Crippen LogP contribution is -2.21. The van der Waals surface area contributed by atoms with Crippen LogP contribution in [0.25, 0.3) is 0 Å². The van der Waals surface area contributed by atoms with Crippen molar-refractivity contribution in [2.75, 3.05) is 13.2 Å². The van der Waals surface area contributed by atoms with E-state index in [0.717, 1.165) is 25.3 Å². The molecule has 88 valence electrons. The van der Waals surface area contributed by atoms with Gasteiger partial charge in [-0.1, -0.05) is 19.3 Å². The first-order chi connectivity index (χ1) is 7.22. The molecule has 2 unspecified atom stereocenters. The Labute approximate surface area is 91.3 Å². The molecule has 0 aromatic carbocycles. The van der Waals surface area contributed by atoms with E-state index in [1.165, 1.54) is 25.7 Å². The smallest absolute Gasteiger partial charge is 0.404 e. The van der Waals surface area contributed by atoms with Gasteiger partial charge in [-0.15, -0.1) is 0 Å². The maximum absolute atomic E-state index is 10.4. The highest BCUT2D eigenvalue weighted by molar-refractivity contribution is 5.64. The van der Waals surface area contributed by atoms with Gasteiger partial charge >= 0.3 is 6.09 Å². The molecule has 0 radical (unpaired) electrons. The number of carbonyl (C=O) groups is 1. The molecule has 0 saturated heterocycles. The van der Waals surface area contributed by atoms with Crippen LogP contribution in [-0.4, -0.2) is 19.2 Å². The molecule has 0 bridgehead atoms. The number of ether oxygens (including phenoxy) is 1. The number of amides is 1. The first-order valence-corrected chi connectivity index (χ1v) is 5.84. The van der Waals surface area contributed by atoms with Crippen LogP contribution in [0.15, 0.2) is 0 Å². The zero-order valence-electron chi connectivity index (χ0n) is 9.28. The number of primary amides is 1. The van der Waals surface area contributed by atoms with Crippen molar-refractivity contribution in [1.82, 2.24) is 0 Å². The lowest BCUT2D eigenvalue weighted by atomic mass is 9.78. The average molecular weight is 214 g/mol. The van der Waals surface area contributed by atoms with Gasteiger partial charge in [0.1, 0.15) is 0 Å². The molecule has 1 saturated carbocycles. The highest BCUT2D eigenvalue weighted by atomic mass is 16.5. The maximum Gasteiger partial charge on any atom is 0.404 e. The third-order valence-corrected chi connectivity index (χ3v) is 3.24. The second kappa shape index (κ2) is 6.67. The zero-order valence-corrected chi connectivity index (χ0v) is 9.28. The highest BCUT2D eigenvalue weighted by Gasteiger charge is 2.21. The van der Waals surface area contributed by atoms with Gasteiger partial charge in [-0.2, -0.15) is 0 Å². The van der Waals surface area contributed by atoms with E-state index in [2.05, 4.69) is 0 Å². The van der Waals surface area contributed by atoms with E-state index in [0.29, 0.717) is 12.5 Å². The van der Waals surface area contributed by atoms with Gasteiger partial charge in [0.25, 0.3) is 0 Å². The Morgan fingerprint density at radius 1 is 1.27 bits per heavy atom. The summed E-state index contributed by atoms with van der Waals surface area (Å²) in [5, 5.41) is 0. The minimum absolute atomic E-state index is 0.468. The molecular weight excluding hydrogens is 192 g/mol. The predicted molar refractivity (Wildman–Crippen MR) is 59.3 cm³/mol. The van der Waals surface area contributed by atoms with Gasteiger partial charge in [0, 0.05) is 0 Å². The van der Waals surface area contributed by atoms with Gasteiger partial charge < -0.3 is 16.2 Å². The van der Waals surface area contributed by atoms with Crippen LogP contribution in [0.2, 0.25) is 0 Å². The van der Waals surface area contributed by atoms with Crippen LogP contribution in [-0.2, 0) is 4.74 Å². The molecule has 1 aliphatic carbocycles. The fourth-order valence-corrected chi connectivity index (χ4v) is 2.49. The Hall–Kier alpha value is -0.770. The molecule has 2 atom stereocenters. The van der Waals surface area contributed by atoms with E-state index in [1.54, 1.807) is 0 Å². The molecule has 0 aromatic rings. The van der Waals surface area contributed by atoms with Crippen LogP contribution < -0.4 is 11.5 Å². The third kappa shape index (κ3) is 5.02.